The van der Waals surface area contributed by atoms with Gasteiger partial charge in [-0.15, -0.1) is 29.9 Å². The quantitative estimate of drug-likeness (QED) is 0.413. The van der Waals surface area contributed by atoms with Gasteiger partial charge >= 0.3 is 0 Å². The highest BCUT2D eigenvalue weighted by molar-refractivity contribution is 5.93. The van der Waals surface area contributed by atoms with Gasteiger partial charge in [0.05, 0.1) is 11.8 Å². The van der Waals surface area contributed by atoms with E-state index in [2.05, 4.69) is 58.7 Å². The van der Waals surface area contributed by atoms with E-state index in [1.165, 1.54) is 32.1 Å². The number of hydrogen-bond donors (Lipinski definition) is 1. The number of hydrogen-bond acceptors (Lipinski definition) is 5. The van der Waals surface area contributed by atoms with Gasteiger partial charge in [0, 0.05) is 23.7 Å². The standard InChI is InChI=1S/C29H40N4O2.2ClH/c1-3-4-10-27-26(20-11-15-25(16-12-20)35-24-8-6-5-7-9-24)19-28(32-31-27)29(34)30-21-17-22-13-14-23(18-21)33(22)2;;/h11-12,15-16,19,21-24H,3-10,13-14,17-18H2,1-2H3,(H,30,34);2*1H. The molecule has 8 heteroatoms. The highest BCUT2D eigenvalue weighted by atomic mass is 35.5. The van der Waals surface area contributed by atoms with Gasteiger partial charge in [0.2, 0.25) is 0 Å². The fourth-order valence-corrected chi connectivity index (χ4v) is 6.18. The van der Waals surface area contributed by atoms with E-state index in [4.69, 9.17) is 4.74 Å². The summed E-state index contributed by atoms with van der Waals surface area (Å²) in [5, 5.41) is 12.1. The van der Waals surface area contributed by atoms with E-state index in [1.807, 2.05) is 6.07 Å². The summed E-state index contributed by atoms with van der Waals surface area (Å²) in [5.74, 6) is 0.819. The molecule has 1 saturated carbocycles. The molecule has 2 saturated heterocycles. The second-order valence-corrected chi connectivity index (χ2v) is 10.8. The Hall–Kier alpha value is -1.89. The highest BCUT2D eigenvalue weighted by Gasteiger charge is 2.39. The molecule has 1 amide bonds. The summed E-state index contributed by atoms with van der Waals surface area (Å²) >= 11 is 0. The molecular weight excluding hydrogens is 507 g/mol. The maximum atomic E-state index is 13.2. The molecule has 2 bridgehead atoms. The number of halogens is 2. The first kappa shape index (κ1) is 29.7. The zero-order valence-electron chi connectivity index (χ0n) is 22.2. The summed E-state index contributed by atoms with van der Waals surface area (Å²) in [6, 6.07) is 11.6. The van der Waals surface area contributed by atoms with Gasteiger partial charge in [-0.25, -0.2) is 0 Å². The molecule has 2 atom stereocenters. The normalized spacial score (nSPS) is 23.6. The van der Waals surface area contributed by atoms with Gasteiger partial charge in [0.15, 0.2) is 5.69 Å². The number of rotatable bonds is 8. The van der Waals surface area contributed by atoms with Crippen molar-refractivity contribution in [3.05, 3.63) is 41.7 Å². The lowest BCUT2D eigenvalue weighted by atomic mass is 9.97. The van der Waals surface area contributed by atoms with Crippen LogP contribution < -0.4 is 10.1 Å². The number of nitrogens with one attached hydrogen (secondary N) is 1. The number of carbonyl (C=O) groups excluding carboxylic acids is 1. The zero-order valence-corrected chi connectivity index (χ0v) is 23.8. The molecule has 6 nitrogen and oxygen atoms in total. The van der Waals surface area contributed by atoms with E-state index in [-0.39, 0.29) is 36.8 Å². The van der Waals surface area contributed by atoms with Gasteiger partial charge in [-0.1, -0.05) is 31.9 Å². The fraction of sp³-hybridized carbons (Fsp3) is 0.621. The van der Waals surface area contributed by atoms with E-state index in [9.17, 15) is 4.79 Å². The van der Waals surface area contributed by atoms with Crippen LogP contribution in [0.4, 0.5) is 0 Å². The van der Waals surface area contributed by atoms with Crippen LogP contribution in [0.2, 0.25) is 0 Å². The molecule has 0 spiro atoms. The monoisotopic (exact) mass is 548 g/mol. The Morgan fingerprint density at radius 1 is 1.00 bits per heavy atom. The van der Waals surface area contributed by atoms with Crippen LogP contribution >= 0.6 is 24.8 Å². The third kappa shape index (κ3) is 7.15. The second-order valence-electron chi connectivity index (χ2n) is 10.8. The molecule has 204 valence electrons. The molecule has 3 fully saturated rings. The number of nitrogens with zero attached hydrogens (tertiary/aromatic N) is 3. The lowest BCUT2D eigenvalue weighted by Crippen LogP contribution is -2.48. The van der Waals surface area contributed by atoms with E-state index in [0.29, 0.717) is 23.9 Å². The van der Waals surface area contributed by atoms with Crippen molar-refractivity contribution in [1.82, 2.24) is 20.4 Å². The molecule has 1 N–H and O–H groups in total. The predicted octanol–water partition coefficient (Wildman–Crippen LogP) is 6.40. The molecule has 1 aromatic heterocycles. The summed E-state index contributed by atoms with van der Waals surface area (Å²) in [6.45, 7) is 2.18. The molecule has 2 aromatic rings. The van der Waals surface area contributed by atoms with Crippen LogP contribution in [0.25, 0.3) is 11.1 Å². The van der Waals surface area contributed by atoms with Crippen molar-refractivity contribution in [3.63, 3.8) is 0 Å². The summed E-state index contributed by atoms with van der Waals surface area (Å²) < 4.78 is 6.22. The van der Waals surface area contributed by atoms with Crippen LogP contribution in [0, 0.1) is 0 Å². The first-order chi connectivity index (χ1) is 17.1. The summed E-state index contributed by atoms with van der Waals surface area (Å²) in [6.07, 6.45) is 14.0. The number of benzene rings is 1. The Bertz CT molecular complexity index is 999. The second kappa shape index (κ2) is 13.8. The Morgan fingerprint density at radius 2 is 1.68 bits per heavy atom. The summed E-state index contributed by atoms with van der Waals surface area (Å²) in [5.41, 5.74) is 3.44. The van der Waals surface area contributed by atoms with Crippen molar-refractivity contribution in [2.75, 3.05) is 7.05 Å². The van der Waals surface area contributed by atoms with Crippen LogP contribution in [-0.4, -0.2) is 52.3 Å². The maximum absolute atomic E-state index is 13.2. The van der Waals surface area contributed by atoms with Crippen molar-refractivity contribution in [2.45, 2.75) is 108 Å². The molecule has 1 aliphatic carbocycles. The number of unbranched alkanes of at least 4 members (excludes halogenated alkanes) is 1. The highest BCUT2D eigenvalue weighted by Crippen LogP contribution is 2.34. The average Bonchev–Trinajstić information content (AvgIpc) is 3.08. The number of amides is 1. The first-order valence-electron chi connectivity index (χ1n) is 13.8. The topological polar surface area (TPSA) is 67.4 Å². The lowest BCUT2D eigenvalue weighted by molar-refractivity contribution is 0.0876. The van der Waals surface area contributed by atoms with Gasteiger partial charge < -0.3 is 15.0 Å². The Balaban J connectivity index is 0.00000190. The maximum Gasteiger partial charge on any atom is 0.272 e. The van der Waals surface area contributed by atoms with Crippen LogP contribution in [0.1, 0.15) is 93.7 Å². The van der Waals surface area contributed by atoms with Gasteiger partial charge in [-0.2, -0.15) is 5.10 Å². The van der Waals surface area contributed by atoms with E-state index < -0.39 is 0 Å². The Labute approximate surface area is 234 Å². The third-order valence-electron chi connectivity index (χ3n) is 8.32. The van der Waals surface area contributed by atoms with Crippen molar-refractivity contribution in [1.29, 1.82) is 0 Å². The number of piperidine rings is 1. The van der Waals surface area contributed by atoms with Gasteiger partial charge in [-0.05, 0) is 95.0 Å². The van der Waals surface area contributed by atoms with E-state index in [0.717, 1.165) is 67.5 Å². The Morgan fingerprint density at radius 3 is 2.32 bits per heavy atom. The number of carbonyl (C=O) groups is 1. The summed E-state index contributed by atoms with van der Waals surface area (Å²) in [7, 11) is 2.22. The predicted molar refractivity (Wildman–Crippen MR) is 153 cm³/mol. The molecule has 2 unspecified atom stereocenters. The number of aryl methyl sites for hydroxylation is 1. The smallest absolute Gasteiger partial charge is 0.272 e. The van der Waals surface area contributed by atoms with Crippen LogP contribution in [0.3, 0.4) is 0 Å². The number of ether oxygens (including phenoxy) is 1. The van der Waals surface area contributed by atoms with Crippen molar-refractivity contribution in [3.8, 4) is 16.9 Å². The zero-order chi connectivity index (χ0) is 24.2. The van der Waals surface area contributed by atoms with Crippen LogP contribution in [0.5, 0.6) is 5.75 Å². The molecule has 3 aliphatic rings. The molecule has 1 aromatic carbocycles. The molecule has 37 heavy (non-hydrogen) atoms. The molecule has 5 rings (SSSR count). The summed E-state index contributed by atoms with van der Waals surface area (Å²) in [4.78, 5) is 15.7. The van der Waals surface area contributed by atoms with E-state index >= 15 is 0 Å². The lowest BCUT2D eigenvalue weighted by Gasteiger charge is -2.36. The molecule has 3 heterocycles. The molecular formula is C29H42Cl2N4O2. The number of fused-ring (bicyclic) bond motifs is 2. The van der Waals surface area contributed by atoms with Gasteiger partial charge in [0.25, 0.3) is 5.91 Å². The minimum atomic E-state index is -0.105. The minimum absolute atomic E-state index is 0. The van der Waals surface area contributed by atoms with Crippen molar-refractivity contribution >= 4 is 30.7 Å². The number of aromatic nitrogens is 2. The van der Waals surface area contributed by atoms with Crippen LogP contribution in [0.15, 0.2) is 30.3 Å². The average molecular weight is 550 g/mol. The van der Waals surface area contributed by atoms with Gasteiger partial charge in [0.1, 0.15) is 5.75 Å². The SMILES string of the molecule is CCCCc1nnc(C(=O)NC2CC3CCC(C2)N3C)cc1-c1ccc(OC2CCCCC2)cc1.Cl.Cl. The third-order valence-corrected chi connectivity index (χ3v) is 8.32. The van der Waals surface area contributed by atoms with Gasteiger partial charge in [-0.3, -0.25) is 4.79 Å². The molecule has 0 radical (unpaired) electrons. The largest absolute Gasteiger partial charge is 0.490 e. The van der Waals surface area contributed by atoms with Crippen molar-refractivity contribution in [2.24, 2.45) is 0 Å². The Kier molecular flexibility index (Phi) is 11.0. The van der Waals surface area contributed by atoms with E-state index in [1.54, 1.807) is 0 Å². The fourth-order valence-electron chi connectivity index (χ4n) is 6.18. The van der Waals surface area contributed by atoms with Crippen molar-refractivity contribution < 1.29 is 9.53 Å². The first-order valence-corrected chi connectivity index (χ1v) is 13.8. The minimum Gasteiger partial charge on any atom is -0.490 e. The van der Waals surface area contributed by atoms with Crippen LogP contribution in [-0.2, 0) is 6.42 Å². The molecule has 2 aliphatic heterocycles.